The molecule has 2 aromatic rings. The molecule has 0 radical (unpaired) electrons. The number of halogens is 1. The van der Waals surface area contributed by atoms with Gasteiger partial charge in [-0.1, -0.05) is 11.2 Å². The minimum Gasteiger partial charge on any atom is -0.465 e. The van der Waals surface area contributed by atoms with E-state index in [1.54, 1.807) is 0 Å². The van der Waals surface area contributed by atoms with E-state index < -0.39 is 5.97 Å². The van der Waals surface area contributed by atoms with Crippen molar-refractivity contribution in [2.24, 2.45) is 5.11 Å². The number of methoxy groups -OCH3 is 1. The van der Waals surface area contributed by atoms with Gasteiger partial charge in [0.05, 0.1) is 23.9 Å². The molecule has 0 fully saturated rings. The smallest absolute Gasteiger partial charge is 0.339 e. The van der Waals surface area contributed by atoms with Crippen molar-refractivity contribution < 1.29 is 9.53 Å². The Bertz CT molecular complexity index is 723. The van der Waals surface area contributed by atoms with Gasteiger partial charge in [0, 0.05) is 21.0 Å². The van der Waals surface area contributed by atoms with Crippen LogP contribution in [0, 0.1) is 6.92 Å². The van der Waals surface area contributed by atoms with Gasteiger partial charge in [-0.25, -0.2) is 4.79 Å². The molecule has 1 heterocycles. The van der Waals surface area contributed by atoms with E-state index in [0.29, 0.717) is 10.9 Å². The van der Waals surface area contributed by atoms with Gasteiger partial charge in [-0.2, -0.15) is 0 Å². The molecule has 1 aromatic carbocycles. The minimum atomic E-state index is -0.587. The van der Waals surface area contributed by atoms with Crippen LogP contribution in [-0.2, 0) is 4.74 Å². The van der Waals surface area contributed by atoms with E-state index in [9.17, 15) is 4.79 Å². The summed E-state index contributed by atoms with van der Waals surface area (Å²) >= 11 is 3.38. The van der Waals surface area contributed by atoms with E-state index in [0.717, 1.165) is 10.0 Å². The Morgan fingerprint density at radius 1 is 1.53 bits per heavy atom. The van der Waals surface area contributed by atoms with Gasteiger partial charge in [-0.05, 0) is 40.0 Å². The first kappa shape index (κ1) is 13.3. The molecule has 1 aromatic heterocycles. The Hall–Kier alpha value is -2.11. The van der Waals surface area contributed by atoms with Gasteiger partial charge in [0.2, 0.25) is 0 Å². The number of rotatable bonds is 2. The summed E-state index contributed by atoms with van der Waals surface area (Å²) in [6.07, 6.45) is 1.35. The zero-order valence-electron chi connectivity index (χ0n) is 10.2. The number of hydrogen-bond donors (Lipinski definition) is 0. The predicted molar refractivity (Wildman–Crippen MR) is 74.3 cm³/mol. The Morgan fingerprint density at radius 2 is 2.26 bits per heavy atom. The van der Waals surface area contributed by atoms with Crippen LogP contribution in [0.4, 0.5) is 5.69 Å². The molecule has 0 bridgehead atoms. The molecule has 0 N–H and O–H groups in total. The highest BCUT2D eigenvalue weighted by Gasteiger charge is 2.17. The third-order valence-electron chi connectivity index (χ3n) is 2.70. The zero-order valence-corrected chi connectivity index (χ0v) is 11.8. The number of fused-ring (bicyclic) bond motifs is 1. The molecule has 7 heteroatoms. The lowest BCUT2D eigenvalue weighted by Gasteiger charge is -2.10. The van der Waals surface area contributed by atoms with Crippen molar-refractivity contribution >= 4 is 38.5 Å². The van der Waals surface area contributed by atoms with Crippen LogP contribution in [0.3, 0.4) is 0 Å². The van der Waals surface area contributed by atoms with Crippen LogP contribution in [0.25, 0.3) is 21.3 Å². The highest BCUT2D eigenvalue weighted by atomic mass is 79.9. The molecule has 0 unspecified atom stereocenters. The van der Waals surface area contributed by atoms with Gasteiger partial charge in [-0.15, -0.1) is 0 Å². The third-order valence-corrected chi connectivity index (χ3v) is 3.34. The molecule has 0 amide bonds. The first-order chi connectivity index (χ1) is 9.10. The maximum atomic E-state index is 11.7. The standard InChI is InChI=1S/C12H9BrN4O2/c1-6-3-4-8(13)11-9(6)10(16-17-14)7(5-15-11)12(18)19-2/h3-5H,1-2H3. The van der Waals surface area contributed by atoms with Gasteiger partial charge < -0.3 is 4.74 Å². The van der Waals surface area contributed by atoms with Gasteiger partial charge >= 0.3 is 5.97 Å². The van der Waals surface area contributed by atoms with Crippen molar-refractivity contribution in [3.63, 3.8) is 0 Å². The van der Waals surface area contributed by atoms with Gasteiger partial charge in [-0.3, -0.25) is 4.98 Å². The first-order valence-electron chi connectivity index (χ1n) is 5.31. The molecule has 0 spiro atoms. The molecule has 96 valence electrons. The summed E-state index contributed by atoms with van der Waals surface area (Å²) in [7, 11) is 1.26. The first-order valence-corrected chi connectivity index (χ1v) is 6.10. The molecule has 19 heavy (non-hydrogen) atoms. The highest BCUT2D eigenvalue weighted by Crippen LogP contribution is 2.35. The Labute approximate surface area is 117 Å². The maximum Gasteiger partial charge on any atom is 0.339 e. The molecule has 0 atom stereocenters. The van der Waals surface area contributed by atoms with Crippen molar-refractivity contribution in [1.29, 1.82) is 0 Å². The van der Waals surface area contributed by atoms with Crippen molar-refractivity contribution in [3.05, 3.63) is 44.4 Å². The monoisotopic (exact) mass is 320 g/mol. The van der Waals surface area contributed by atoms with E-state index in [2.05, 4.69) is 35.7 Å². The van der Waals surface area contributed by atoms with Crippen molar-refractivity contribution in [2.75, 3.05) is 7.11 Å². The lowest BCUT2D eigenvalue weighted by molar-refractivity contribution is 0.0601. The van der Waals surface area contributed by atoms with Crippen LogP contribution in [0.2, 0.25) is 0 Å². The number of carbonyl (C=O) groups is 1. The summed E-state index contributed by atoms with van der Waals surface area (Å²) in [5, 5.41) is 4.26. The second-order valence-electron chi connectivity index (χ2n) is 3.79. The fourth-order valence-electron chi connectivity index (χ4n) is 1.82. The predicted octanol–water partition coefficient (Wildman–Crippen LogP) is 4.03. The Balaban J connectivity index is 2.96. The molecule has 0 aliphatic carbocycles. The molecular formula is C12H9BrN4O2. The number of ether oxygens (including phenoxy) is 1. The third kappa shape index (κ3) is 2.25. The largest absolute Gasteiger partial charge is 0.465 e. The summed E-state index contributed by atoms with van der Waals surface area (Å²) < 4.78 is 5.43. The van der Waals surface area contributed by atoms with E-state index in [4.69, 9.17) is 5.53 Å². The number of esters is 1. The number of nitrogens with zero attached hydrogens (tertiary/aromatic N) is 4. The number of hydrogen-bond acceptors (Lipinski definition) is 4. The fourth-order valence-corrected chi connectivity index (χ4v) is 2.26. The van der Waals surface area contributed by atoms with Gasteiger partial charge in [0.15, 0.2) is 0 Å². The average molecular weight is 321 g/mol. The van der Waals surface area contributed by atoms with Crippen LogP contribution >= 0.6 is 15.9 Å². The summed E-state index contributed by atoms with van der Waals surface area (Å²) in [4.78, 5) is 18.7. The van der Waals surface area contributed by atoms with Crippen molar-refractivity contribution in [2.45, 2.75) is 6.92 Å². The number of azide groups is 1. The highest BCUT2D eigenvalue weighted by molar-refractivity contribution is 9.10. The summed E-state index contributed by atoms with van der Waals surface area (Å²) in [6.45, 7) is 1.86. The molecule has 0 aliphatic heterocycles. The summed E-state index contributed by atoms with van der Waals surface area (Å²) in [5.74, 6) is -0.587. The topological polar surface area (TPSA) is 88.0 Å². The van der Waals surface area contributed by atoms with E-state index in [-0.39, 0.29) is 11.3 Å². The van der Waals surface area contributed by atoms with Crippen LogP contribution < -0.4 is 0 Å². The van der Waals surface area contributed by atoms with Crippen LogP contribution in [0.15, 0.2) is 27.9 Å². The fraction of sp³-hybridized carbons (Fsp3) is 0.167. The molecule has 0 aliphatic rings. The molecule has 6 nitrogen and oxygen atoms in total. The molecular weight excluding hydrogens is 312 g/mol. The van der Waals surface area contributed by atoms with Gasteiger partial charge in [0.25, 0.3) is 0 Å². The summed E-state index contributed by atoms with van der Waals surface area (Å²) in [5.41, 5.74) is 10.6. The summed E-state index contributed by atoms with van der Waals surface area (Å²) in [6, 6.07) is 3.70. The lowest BCUT2D eigenvalue weighted by Crippen LogP contribution is -2.03. The second kappa shape index (κ2) is 5.26. The lowest BCUT2D eigenvalue weighted by atomic mass is 10.1. The molecule has 0 saturated heterocycles. The Kier molecular flexibility index (Phi) is 3.69. The average Bonchev–Trinajstić information content (AvgIpc) is 2.42. The number of pyridine rings is 1. The van der Waals surface area contributed by atoms with Crippen LogP contribution in [0.1, 0.15) is 15.9 Å². The van der Waals surface area contributed by atoms with E-state index in [1.807, 2.05) is 19.1 Å². The quantitative estimate of drug-likeness (QED) is 0.362. The zero-order chi connectivity index (χ0) is 14.0. The number of aromatic nitrogens is 1. The van der Waals surface area contributed by atoms with Crippen LogP contribution in [0.5, 0.6) is 0 Å². The normalized spacial score (nSPS) is 10.1. The maximum absolute atomic E-state index is 11.7. The molecule has 2 rings (SSSR count). The number of carbonyl (C=O) groups excluding carboxylic acids is 1. The SMILES string of the molecule is COC(=O)c1cnc2c(Br)ccc(C)c2c1N=[N+]=[N-]. The van der Waals surface area contributed by atoms with Gasteiger partial charge in [0.1, 0.15) is 0 Å². The molecule has 0 saturated carbocycles. The second-order valence-corrected chi connectivity index (χ2v) is 4.64. The minimum absolute atomic E-state index is 0.147. The van der Waals surface area contributed by atoms with E-state index >= 15 is 0 Å². The Morgan fingerprint density at radius 3 is 2.89 bits per heavy atom. The number of benzene rings is 1. The van der Waals surface area contributed by atoms with E-state index in [1.165, 1.54) is 13.3 Å². The number of aryl methyl sites for hydroxylation is 1. The van der Waals surface area contributed by atoms with Crippen molar-refractivity contribution in [3.8, 4) is 0 Å². The van der Waals surface area contributed by atoms with Crippen molar-refractivity contribution in [1.82, 2.24) is 4.98 Å². The van der Waals surface area contributed by atoms with Crippen LogP contribution in [-0.4, -0.2) is 18.1 Å².